The highest BCUT2D eigenvalue weighted by Crippen LogP contribution is 2.13. The van der Waals surface area contributed by atoms with Crippen LogP contribution in [0.5, 0.6) is 0 Å². The molecule has 1 aliphatic rings. The molecule has 1 fully saturated rings. The molecule has 2 amide bonds. The summed E-state index contributed by atoms with van der Waals surface area (Å²) in [4.78, 5) is 43.0. The first-order chi connectivity index (χ1) is 14.9. The minimum atomic E-state index is -1.15. The lowest BCUT2D eigenvalue weighted by atomic mass is 10.0. The fraction of sp³-hybridized carbons (Fsp3) is 0.364. The molecule has 1 aromatic heterocycles. The maximum Gasteiger partial charge on any atom is 0.325 e. The van der Waals surface area contributed by atoms with Crippen molar-refractivity contribution in [2.45, 2.75) is 25.4 Å². The van der Waals surface area contributed by atoms with Crippen molar-refractivity contribution in [3.05, 3.63) is 59.8 Å². The Hall–Kier alpha value is -3.46. The zero-order chi connectivity index (χ0) is 22.2. The minimum Gasteiger partial charge on any atom is -0.480 e. The summed E-state index contributed by atoms with van der Waals surface area (Å²) in [6, 6.07) is 10.6. The van der Waals surface area contributed by atoms with Gasteiger partial charge < -0.3 is 25.4 Å². The van der Waals surface area contributed by atoms with Crippen LogP contribution in [-0.4, -0.2) is 66.3 Å². The van der Waals surface area contributed by atoms with E-state index < -0.39 is 29.9 Å². The van der Waals surface area contributed by atoms with Crippen LogP contribution in [0.4, 0.5) is 5.82 Å². The van der Waals surface area contributed by atoms with Crippen molar-refractivity contribution in [1.82, 2.24) is 15.6 Å². The Balaban J connectivity index is 1.70. The van der Waals surface area contributed by atoms with E-state index >= 15 is 0 Å². The van der Waals surface area contributed by atoms with Gasteiger partial charge in [-0.1, -0.05) is 30.3 Å². The number of aliphatic carboxylic acids is 1. The van der Waals surface area contributed by atoms with Gasteiger partial charge in [0.05, 0.1) is 18.8 Å². The zero-order valence-corrected chi connectivity index (χ0v) is 17.3. The van der Waals surface area contributed by atoms with E-state index in [0.29, 0.717) is 18.8 Å². The second-order valence-electron chi connectivity index (χ2n) is 7.29. The molecule has 1 saturated heterocycles. The molecule has 0 saturated carbocycles. The summed E-state index contributed by atoms with van der Waals surface area (Å²) in [5.74, 6) is -1.42. The van der Waals surface area contributed by atoms with E-state index in [2.05, 4.69) is 20.5 Å². The summed E-state index contributed by atoms with van der Waals surface area (Å²) >= 11 is 0. The molecule has 0 bridgehead atoms. The third kappa shape index (κ3) is 6.26. The predicted molar refractivity (Wildman–Crippen MR) is 114 cm³/mol. The van der Waals surface area contributed by atoms with Gasteiger partial charge in [0.15, 0.2) is 0 Å². The first kappa shape index (κ1) is 22.2. The number of nitrogens with one attached hydrogen (secondary N) is 2. The summed E-state index contributed by atoms with van der Waals surface area (Å²) in [6.07, 6.45) is 1.70. The summed E-state index contributed by atoms with van der Waals surface area (Å²) in [6.45, 7) is 4.11. The fourth-order valence-electron chi connectivity index (χ4n) is 3.18. The molecule has 0 radical (unpaired) electrons. The molecule has 2 aromatic rings. The van der Waals surface area contributed by atoms with Crippen LogP contribution in [0.3, 0.4) is 0 Å². The number of morpholine rings is 1. The van der Waals surface area contributed by atoms with Crippen LogP contribution >= 0.6 is 0 Å². The Labute approximate surface area is 180 Å². The minimum absolute atomic E-state index is 0.226. The van der Waals surface area contributed by atoms with Gasteiger partial charge in [0.1, 0.15) is 17.9 Å². The number of hydrogen-bond donors (Lipinski definition) is 3. The van der Waals surface area contributed by atoms with Gasteiger partial charge in [0, 0.05) is 25.7 Å². The van der Waals surface area contributed by atoms with Gasteiger partial charge in [-0.05, 0) is 24.6 Å². The van der Waals surface area contributed by atoms with Crippen LogP contribution in [0.2, 0.25) is 0 Å². The Morgan fingerprint density at radius 2 is 1.81 bits per heavy atom. The van der Waals surface area contributed by atoms with Crippen LogP contribution < -0.4 is 15.5 Å². The van der Waals surface area contributed by atoms with E-state index in [-0.39, 0.29) is 6.42 Å². The standard InChI is InChI=1S/C22H26N4O5/c1-15(22(29)30)24-21(28)18(13-16-5-3-2-4-6-16)25-20(27)17-7-8-19(23-14-17)26-9-11-31-12-10-26/h2-8,14-15,18H,9-13H2,1H3,(H,24,28)(H,25,27)(H,29,30). The van der Waals surface area contributed by atoms with E-state index in [4.69, 9.17) is 9.84 Å². The number of carbonyl (C=O) groups excluding carboxylic acids is 2. The molecule has 2 heterocycles. The SMILES string of the molecule is CC(NC(=O)C(Cc1ccccc1)NC(=O)c1ccc(N2CCOCC2)nc1)C(=O)O. The highest BCUT2D eigenvalue weighted by atomic mass is 16.5. The summed E-state index contributed by atoms with van der Waals surface area (Å²) in [5.41, 5.74) is 1.15. The van der Waals surface area contributed by atoms with Crippen molar-refractivity contribution in [1.29, 1.82) is 0 Å². The van der Waals surface area contributed by atoms with E-state index in [1.165, 1.54) is 13.1 Å². The summed E-state index contributed by atoms with van der Waals surface area (Å²) in [7, 11) is 0. The highest BCUT2D eigenvalue weighted by Gasteiger charge is 2.25. The first-order valence-electron chi connectivity index (χ1n) is 10.1. The molecule has 164 valence electrons. The lowest BCUT2D eigenvalue weighted by Gasteiger charge is -2.27. The molecular formula is C22H26N4O5. The number of pyridine rings is 1. The van der Waals surface area contributed by atoms with Crippen molar-refractivity contribution >= 4 is 23.6 Å². The van der Waals surface area contributed by atoms with Gasteiger partial charge in [-0.15, -0.1) is 0 Å². The van der Waals surface area contributed by atoms with Crippen LogP contribution in [0.25, 0.3) is 0 Å². The largest absolute Gasteiger partial charge is 0.480 e. The van der Waals surface area contributed by atoms with Crippen LogP contribution in [-0.2, 0) is 20.7 Å². The predicted octanol–water partition coefficient (Wildman–Crippen LogP) is 0.849. The van der Waals surface area contributed by atoms with E-state index in [0.717, 1.165) is 24.5 Å². The number of carboxylic acid groups (broad SMARTS) is 1. The molecule has 9 heteroatoms. The maximum absolute atomic E-state index is 12.8. The van der Waals surface area contributed by atoms with Gasteiger partial charge in [0.25, 0.3) is 5.91 Å². The number of anilines is 1. The van der Waals surface area contributed by atoms with Crippen molar-refractivity contribution in [3.8, 4) is 0 Å². The van der Waals surface area contributed by atoms with Gasteiger partial charge in [-0.25, -0.2) is 4.98 Å². The van der Waals surface area contributed by atoms with Crippen molar-refractivity contribution in [3.63, 3.8) is 0 Å². The van der Waals surface area contributed by atoms with Gasteiger partial charge >= 0.3 is 5.97 Å². The van der Waals surface area contributed by atoms with Crippen molar-refractivity contribution < 1.29 is 24.2 Å². The number of hydrogen-bond acceptors (Lipinski definition) is 6. The molecule has 3 rings (SSSR count). The molecule has 1 aromatic carbocycles. The van der Waals surface area contributed by atoms with E-state index in [1.54, 1.807) is 12.1 Å². The van der Waals surface area contributed by atoms with Gasteiger partial charge in [0.2, 0.25) is 5.91 Å². The van der Waals surface area contributed by atoms with Crippen LogP contribution in [0.1, 0.15) is 22.8 Å². The van der Waals surface area contributed by atoms with Gasteiger partial charge in [-0.2, -0.15) is 0 Å². The molecule has 3 N–H and O–H groups in total. The highest BCUT2D eigenvalue weighted by molar-refractivity contribution is 5.98. The molecule has 9 nitrogen and oxygen atoms in total. The number of ether oxygens (including phenoxy) is 1. The molecule has 2 unspecified atom stereocenters. The Bertz CT molecular complexity index is 898. The molecule has 2 atom stereocenters. The number of rotatable bonds is 8. The smallest absolute Gasteiger partial charge is 0.325 e. The molecule has 0 spiro atoms. The summed E-state index contributed by atoms with van der Waals surface area (Å²) in [5, 5.41) is 14.2. The first-order valence-corrected chi connectivity index (χ1v) is 10.1. The third-order valence-electron chi connectivity index (χ3n) is 4.98. The molecule has 31 heavy (non-hydrogen) atoms. The fourth-order valence-corrected chi connectivity index (χ4v) is 3.18. The lowest BCUT2D eigenvalue weighted by Crippen LogP contribution is -2.51. The van der Waals surface area contributed by atoms with Crippen LogP contribution in [0.15, 0.2) is 48.7 Å². The van der Waals surface area contributed by atoms with Crippen LogP contribution in [0, 0.1) is 0 Å². The second kappa shape index (κ2) is 10.5. The average molecular weight is 426 g/mol. The maximum atomic E-state index is 12.8. The van der Waals surface area contributed by atoms with Crippen molar-refractivity contribution in [2.24, 2.45) is 0 Å². The zero-order valence-electron chi connectivity index (χ0n) is 17.3. The Morgan fingerprint density at radius 3 is 2.42 bits per heavy atom. The Kier molecular flexibility index (Phi) is 7.55. The molecule has 0 aliphatic carbocycles. The quantitative estimate of drug-likeness (QED) is 0.572. The van der Waals surface area contributed by atoms with E-state index in [9.17, 15) is 14.4 Å². The second-order valence-corrected chi connectivity index (χ2v) is 7.29. The average Bonchev–Trinajstić information content (AvgIpc) is 2.79. The van der Waals surface area contributed by atoms with Gasteiger partial charge in [-0.3, -0.25) is 14.4 Å². The number of carboxylic acids is 1. The van der Waals surface area contributed by atoms with Crippen molar-refractivity contribution in [2.75, 3.05) is 31.2 Å². The number of amides is 2. The number of nitrogens with zero attached hydrogens (tertiary/aromatic N) is 2. The Morgan fingerprint density at radius 1 is 1.10 bits per heavy atom. The normalized spacial score (nSPS) is 15.6. The topological polar surface area (TPSA) is 121 Å². The summed E-state index contributed by atoms with van der Waals surface area (Å²) < 4.78 is 5.33. The number of carbonyl (C=O) groups is 3. The lowest BCUT2D eigenvalue weighted by molar-refractivity contribution is -0.141. The third-order valence-corrected chi connectivity index (χ3v) is 4.98. The monoisotopic (exact) mass is 426 g/mol. The molecule has 1 aliphatic heterocycles. The molecular weight excluding hydrogens is 400 g/mol. The number of aromatic nitrogens is 1. The number of benzene rings is 1. The van der Waals surface area contributed by atoms with E-state index in [1.807, 2.05) is 30.3 Å².